The Labute approximate surface area is 134 Å². The van der Waals surface area contributed by atoms with Crippen molar-refractivity contribution in [2.24, 2.45) is 0 Å². The number of nitrogens with one attached hydrogen (secondary N) is 1. The summed E-state index contributed by atoms with van der Waals surface area (Å²) in [5.41, 5.74) is 0.398. The van der Waals surface area contributed by atoms with Gasteiger partial charge in [-0.15, -0.1) is 0 Å². The fourth-order valence-electron chi connectivity index (χ4n) is 1.90. The SMILES string of the molecule is COc1cc(OC)cc(OCCNC(=O)c2ccc(F)cc2)c1. The van der Waals surface area contributed by atoms with Crippen LogP contribution in [0.2, 0.25) is 0 Å². The molecule has 0 heterocycles. The van der Waals surface area contributed by atoms with Gasteiger partial charge in [-0.2, -0.15) is 0 Å². The first kappa shape index (κ1) is 16.6. The zero-order chi connectivity index (χ0) is 16.7. The maximum absolute atomic E-state index is 12.8. The van der Waals surface area contributed by atoms with Gasteiger partial charge in [-0.05, 0) is 24.3 Å². The second kappa shape index (κ2) is 8.03. The molecule has 0 aliphatic rings. The quantitative estimate of drug-likeness (QED) is 0.797. The molecule has 0 saturated heterocycles. The van der Waals surface area contributed by atoms with Gasteiger partial charge in [-0.1, -0.05) is 0 Å². The van der Waals surface area contributed by atoms with Crippen LogP contribution in [0.1, 0.15) is 10.4 Å². The summed E-state index contributed by atoms with van der Waals surface area (Å²) in [7, 11) is 3.11. The van der Waals surface area contributed by atoms with E-state index in [0.29, 0.717) is 29.4 Å². The Morgan fingerprint density at radius 3 is 2.13 bits per heavy atom. The first-order valence-corrected chi connectivity index (χ1v) is 7.02. The van der Waals surface area contributed by atoms with Crippen LogP contribution in [-0.2, 0) is 0 Å². The number of methoxy groups -OCH3 is 2. The molecule has 23 heavy (non-hydrogen) atoms. The summed E-state index contributed by atoms with van der Waals surface area (Å²) >= 11 is 0. The molecule has 0 fully saturated rings. The van der Waals surface area contributed by atoms with Crippen LogP contribution in [0, 0.1) is 5.82 Å². The van der Waals surface area contributed by atoms with E-state index in [4.69, 9.17) is 14.2 Å². The summed E-state index contributed by atoms with van der Waals surface area (Å²) < 4.78 is 28.7. The molecule has 0 unspecified atom stereocenters. The maximum atomic E-state index is 12.8. The minimum absolute atomic E-state index is 0.281. The lowest BCUT2D eigenvalue weighted by atomic mass is 10.2. The minimum atomic E-state index is -0.378. The lowest BCUT2D eigenvalue weighted by Gasteiger charge is -2.11. The van der Waals surface area contributed by atoms with Crippen LogP contribution in [0.5, 0.6) is 17.2 Å². The van der Waals surface area contributed by atoms with Crippen LogP contribution in [0.4, 0.5) is 4.39 Å². The van der Waals surface area contributed by atoms with Crippen LogP contribution < -0.4 is 19.5 Å². The summed E-state index contributed by atoms with van der Waals surface area (Å²) in [4.78, 5) is 11.8. The Bertz CT molecular complexity index is 636. The smallest absolute Gasteiger partial charge is 0.251 e. The molecule has 122 valence electrons. The van der Waals surface area contributed by atoms with E-state index in [2.05, 4.69) is 5.32 Å². The average molecular weight is 319 g/mol. The van der Waals surface area contributed by atoms with E-state index in [1.165, 1.54) is 24.3 Å². The second-order valence-corrected chi connectivity index (χ2v) is 4.66. The zero-order valence-corrected chi connectivity index (χ0v) is 13.0. The Kier molecular flexibility index (Phi) is 5.80. The van der Waals surface area contributed by atoms with E-state index in [-0.39, 0.29) is 18.3 Å². The third-order valence-corrected chi connectivity index (χ3v) is 3.09. The van der Waals surface area contributed by atoms with Crippen molar-refractivity contribution in [2.45, 2.75) is 0 Å². The van der Waals surface area contributed by atoms with E-state index in [9.17, 15) is 9.18 Å². The predicted molar refractivity (Wildman–Crippen MR) is 83.8 cm³/mol. The molecular formula is C17H18FNO4. The van der Waals surface area contributed by atoms with E-state index in [1.807, 2.05) is 0 Å². The first-order valence-electron chi connectivity index (χ1n) is 7.02. The molecule has 2 rings (SSSR count). The summed E-state index contributed by atoms with van der Waals surface area (Å²) in [6.45, 7) is 0.596. The van der Waals surface area contributed by atoms with Gasteiger partial charge in [0.1, 0.15) is 29.7 Å². The summed E-state index contributed by atoms with van der Waals surface area (Å²) in [5.74, 6) is 1.16. The Morgan fingerprint density at radius 1 is 1.00 bits per heavy atom. The molecule has 0 aromatic heterocycles. The fraction of sp³-hybridized carbons (Fsp3) is 0.235. The van der Waals surface area contributed by atoms with Crippen molar-refractivity contribution >= 4 is 5.91 Å². The van der Waals surface area contributed by atoms with Crippen molar-refractivity contribution in [3.8, 4) is 17.2 Å². The normalized spacial score (nSPS) is 10.0. The lowest BCUT2D eigenvalue weighted by molar-refractivity contribution is 0.0947. The minimum Gasteiger partial charge on any atom is -0.496 e. The van der Waals surface area contributed by atoms with Crippen molar-refractivity contribution in [1.82, 2.24) is 5.32 Å². The molecule has 2 aromatic carbocycles. The monoisotopic (exact) mass is 319 g/mol. The van der Waals surface area contributed by atoms with Crippen LogP contribution >= 0.6 is 0 Å². The van der Waals surface area contributed by atoms with Gasteiger partial charge in [0.2, 0.25) is 0 Å². The number of hydrogen-bond acceptors (Lipinski definition) is 4. The molecule has 1 N–H and O–H groups in total. The number of carbonyl (C=O) groups is 1. The van der Waals surface area contributed by atoms with Gasteiger partial charge in [0.15, 0.2) is 0 Å². The molecule has 0 bridgehead atoms. The van der Waals surface area contributed by atoms with Crippen LogP contribution in [0.15, 0.2) is 42.5 Å². The van der Waals surface area contributed by atoms with Crippen molar-refractivity contribution in [3.05, 3.63) is 53.8 Å². The van der Waals surface area contributed by atoms with Crippen molar-refractivity contribution < 1.29 is 23.4 Å². The standard InChI is InChI=1S/C17H18FNO4/c1-21-14-9-15(22-2)11-16(10-14)23-8-7-19-17(20)12-3-5-13(18)6-4-12/h3-6,9-11H,7-8H2,1-2H3,(H,19,20). The number of ether oxygens (including phenoxy) is 3. The predicted octanol–water partition coefficient (Wildman–Crippen LogP) is 2.65. The molecule has 0 saturated carbocycles. The lowest BCUT2D eigenvalue weighted by Crippen LogP contribution is -2.28. The van der Waals surface area contributed by atoms with E-state index >= 15 is 0 Å². The summed E-state index contributed by atoms with van der Waals surface area (Å²) in [6.07, 6.45) is 0. The number of halogens is 1. The van der Waals surface area contributed by atoms with Crippen molar-refractivity contribution in [1.29, 1.82) is 0 Å². The highest BCUT2D eigenvalue weighted by Gasteiger charge is 2.06. The number of carbonyl (C=O) groups excluding carboxylic acids is 1. The first-order chi connectivity index (χ1) is 11.1. The number of rotatable bonds is 7. The van der Waals surface area contributed by atoms with E-state index in [1.54, 1.807) is 32.4 Å². The number of benzene rings is 2. The summed E-state index contributed by atoms with van der Waals surface area (Å²) in [5, 5.41) is 2.70. The molecule has 2 aromatic rings. The van der Waals surface area contributed by atoms with Crippen LogP contribution in [0.25, 0.3) is 0 Å². The van der Waals surface area contributed by atoms with E-state index in [0.717, 1.165) is 0 Å². The molecule has 0 aliphatic carbocycles. The highest BCUT2D eigenvalue weighted by molar-refractivity contribution is 5.94. The topological polar surface area (TPSA) is 56.8 Å². The van der Waals surface area contributed by atoms with Gasteiger partial charge in [-0.3, -0.25) is 4.79 Å². The molecule has 0 atom stereocenters. The summed E-state index contributed by atoms with van der Waals surface area (Å²) in [6, 6.07) is 10.5. The van der Waals surface area contributed by atoms with Crippen molar-refractivity contribution in [3.63, 3.8) is 0 Å². The van der Waals surface area contributed by atoms with Crippen LogP contribution in [0.3, 0.4) is 0 Å². The maximum Gasteiger partial charge on any atom is 0.251 e. The average Bonchev–Trinajstić information content (AvgIpc) is 2.58. The highest BCUT2D eigenvalue weighted by Crippen LogP contribution is 2.27. The fourth-order valence-corrected chi connectivity index (χ4v) is 1.90. The molecular weight excluding hydrogens is 301 g/mol. The Balaban J connectivity index is 1.83. The molecule has 0 aliphatic heterocycles. The van der Waals surface area contributed by atoms with Gasteiger partial charge in [-0.25, -0.2) is 4.39 Å². The Hall–Kier alpha value is -2.76. The van der Waals surface area contributed by atoms with Gasteiger partial charge >= 0.3 is 0 Å². The molecule has 0 spiro atoms. The van der Waals surface area contributed by atoms with Gasteiger partial charge in [0, 0.05) is 23.8 Å². The zero-order valence-electron chi connectivity index (χ0n) is 13.0. The van der Waals surface area contributed by atoms with Gasteiger partial charge in [0.05, 0.1) is 20.8 Å². The second-order valence-electron chi connectivity index (χ2n) is 4.66. The number of hydrogen-bond donors (Lipinski definition) is 1. The van der Waals surface area contributed by atoms with E-state index < -0.39 is 0 Å². The molecule has 1 amide bonds. The molecule has 0 radical (unpaired) electrons. The van der Waals surface area contributed by atoms with Gasteiger partial charge in [0.25, 0.3) is 5.91 Å². The molecule has 5 nitrogen and oxygen atoms in total. The van der Waals surface area contributed by atoms with Crippen molar-refractivity contribution in [2.75, 3.05) is 27.4 Å². The largest absolute Gasteiger partial charge is 0.496 e. The third kappa shape index (κ3) is 4.88. The van der Waals surface area contributed by atoms with Crippen LogP contribution in [-0.4, -0.2) is 33.3 Å². The Morgan fingerprint density at radius 2 is 1.57 bits per heavy atom. The molecule has 6 heteroatoms. The third-order valence-electron chi connectivity index (χ3n) is 3.09. The number of amides is 1. The highest BCUT2D eigenvalue weighted by atomic mass is 19.1. The van der Waals surface area contributed by atoms with Gasteiger partial charge < -0.3 is 19.5 Å².